The molecule has 4 nitrogen and oxygen atoms in total. The van der Waals surface area contributed by atoms with Gasteiger partial charge in [-0.1, -0.05) is 167 Å². The van der Waals surface area contributed by atoms with Gasteiger partial charge in [0, 0.05) is 24.7 Å². The van der Waals surface area contributed by atoms with Crippen LogP contribution in [0.1, 0.15) is 187 Å². The predicted octanol–water partition coefficient (Wildman–Crippen LogP) is 10.6. The van der Waals surface area contributed by atoms with E-state index in [1.807, 2.05) is 0 Å². The van der Waals surface area contributed by atoms with E-state index < -0.39 is 18.4 Å². The summed E-state index contributed by atoms with van der Waals surface area (Å²) in [5.41, 5.74) is 0. The van der Waals surface area contributed by atoms with Gasteiger partial charge in [-0.05, 0) is 24.7 Å². The molecule has 0 radical (unpaired) electrons. The van der Waals surface area contributed by atoms with Crippen LogP contribution in [0, 0.1) is 47.7 Å². The van der Waals surface area contributed by atoms with Crippen molar-refractivity contribution in [3.05, 3.63) is 0 Å². The molecule has 0 aromatic heterocycles. The van der Waals surface area contributed by atoms with Crippen molar-refractivity contribution in [1.82, 2.24) is 0 Å². The van der Waals surface area contributed by atoms with E-state index in [-0.39, 0.29) is 0 Å². The fourth-order valence-corrected chi connectivity index (χ4v) is 4.73. The highest BCUT2D eigenvalue weighted by atomic mass is 16.5. The quantitative estimate of drug-likeness (QED) is 0.0434. The molecule has 0 saturated heterocycles. The van der Waals surface area contributed by atoms with Gasteiger partial charge in [0.05, 0.1) is 0 Å². The molecule has 0 fully saturated rings. The highest BCUT2D eigenvalue weighted by Gasteiger charge is 2.10. The van der Waals surface area contributed by atoms with Crippen molar-refractivity contribution in [3.8, 4) is 47.7 Å². The van der Waals surface area contributed by atoms with Gasteiger partial charge in [0.1, 0.15) is 18.6 Å². The zero-order valence-corrected chi connectivity index (χ0v) is 27.7. The Hall–Kier alpha value is -2.82. The van der Waals surface area contributed by atoms with Crippen LogP contribution in [-0.2, 0) is 19.1 Å². The Labute approximate surface area is 265 Å². The molecule has 43 heavy (non-hydrogen) atoms. The van der Waals surface area contributed by atoms with E-state index in [4.69, 9.17) is 0 Å². The van der Waals surface area contributed by atoms with Gasteiger partial charge < -0.3 is 9.47 Å². The second kappa shape index (κ2) is 35.4. The topological polar surface area (TPSA) is 52.6 Å². The van der Waals surface area contributed by atoms with Gasteiger partial charge in [0.2, 0.25) is 0 Å². The van der Waals surface area contributed by atoms with Crippen LogP contribution in [-0.4, -0.2) is 11.9 Å². The van der Waals surface area contributed by atoms with E-state index in [9.17, 15) is 9.59 Å². The number of ether oxygens (including phenoxy) is 2. The highest BCUT2D eigenvalue weighted by molar-refractivity contribution is 5.92. The van der Waals surface area contributed by atoms with Crippen molar-refractivity contribution in [2.24, 2.45) is 0 Å². The maximum Gasteiger partial charge on any atom is 0.331 e. The van der Waals surface area contributed by atoms with Crippen molar-refractivity contribution < 1.29 is 19.1 Å². The Morgan fingerprint density at radius 1 is 0.395 bits per heavy atom. The van der Waals surface area contributed by atoms with Crippen molar-refractivity contribution in [1.29, 1.82) is 0 Å². The Morgan fingerprint density at radius 3 is 0.977 bits per heavy atom. The number of rotatable bonds is 26. The van der Waals surface area contributed by atoms with E-state index in [1.165, 1.54) is 141 Å². The van der Waals surface area contributed by atoms with Crippen LogP contribution < -0.4 is 0 Å². The first-order valence-corrected chi connectivity index (χ1v) is 17.6. The molecule has 0 saturated carbocycles. The molecular formula is C39H60O4. The summed E-state index contributed by atoms with van der Waals surface area (Å²) >= 11 is 0. The smallest absolute Gasteiger partial charge is 0.331 e. The average molecular weight is 593 g/mol. The lowest BCUT2D eigenvalue weighted by molar-refractivity contribution is -0.146. The number of unbranched alkanes of at least 4 members (excludes halogenated alkanes) is 24. The van der Waals surface area contributed by atoms with Gasteiger partial charge in [0.15, 0.2) is 0 Å². The standard InChI is InChI=1S/C39H60O4/c1-3-5-7-9-11-13-15-17-19-21-23-25-27-29-31-33-35-42-38(40)37-39(41)43-36-34-32-30-28-26-24-22-20-18-16-14-12-10-8-6-4-2/h3-28,37H2,1-2H3. The molecule has 240 valence electrons. The summed E-state index contributed by atoms with van der Waals surface area (Å²) in [7, 11) is 0. The largest absolute Gasteiger partial charge is 0.371 e. The Balaban J connectivity index is 3.62. The minimum absolute atomic E-state index is 0.554. The van der Waals surface area contributed by atoms with Crippen molar-refractivity contribution >= 4 is 11.9 Å². The summed E-state index contributed by atoms with van der Waals surface area (Å²) in [6.45, 7) is 4.52. The third kappa shape index (κ3) is 35.3. The van der Waals surface area contributed by atoms with Gasteiger partial charge in [0.25, 0.3) is 0 Å². The Kier molecular flexibility index (Phi) is 33.1. The molecule has 0 unspecified atom stereocenters. The van der Waals surface area contributed by atoms with Crippen molar-refractivity contribution in [3.63, 3.8) is 0 Å². The van der Waals surface area contributed by atoms with E-state index >= 15 is 0 Å². The summed E-state index contributed by atoms with van der Waals surface area (Å²) in [4.78, 5) is 23.3. The summed E-state index contributed by atoms with van der Waals surface area (Å²) in [5.74, 6) is 14.7. The van der Waals surface area contributed by atoms with Gasteiger partial charge in [-0.2, -0.15) is 0 Å². The zero-order chi connectivity index (χ0) is 31.3. The zero-order valence-electron chi connectivity index (χ0n) is 27.7. The number of esters is 2. The fourth-order valence-electron chi connectivity index (χ4n) is 4.73. The first-order valence-electron chi connectivity index (χ1n) is 17.6. The van der Waals surface area contributed by atoms with E-state index in [0.717, 1.165) is 25.7 Å². The van der Waals surface area contributed by atoms with Gasteiger partial charge in [-0.25, -0.2) is 0 Å². The molecule has 0 aliphatic rings. The highest BCUT2D eigenvalue weighted by Crippen LogP contribution is 2.13. The number of hydrogen-bond donors (Lipinski definition) is 0. The van der Waals surface area contributed by atoms with Gasteiger partial charge in [-0.3, -0.25) is 9.59 Å². The fraction of sp³-hybridized carbons (Fsp3) is 0.744. The van der Waals surface area contributed by atoms with E-state index in [0.29, 0.717) is 0 Å². The maximum absolute atomic E-state index is 11.6. The third-order valence-electron chi connectivity index (χ3n) is 7.33. The molecule has 4 heteroatoms. The second-order valence-corrected chi connectivity index (χ2v) is 11.5. The second-order valence-electron chi connectivity index (χ2n) is 11.5. The molecule has 0 spiro atoms. The molecule has 0 rings (SSSR count). The third-order valence-corrected chi connectivity index (χ3v) is 7.33. The van der Waals surface area contributed by atoms with Gasteiger partial charge >= 0.3 is 11.9 Å². The lowest BCUT2D eigenvalue weighted by atomic mass is 10.0. The Morgan fingerprint density at radius 2 is 0.674 bits per heavy atom. The summed E-state index contributed by atoms with van der Waals surface area (Å²) in [5, 5.41) is 0. The van der Waals surface area contributed by atoms with E-state index in [2.05, 4.69) is 71.1 Å². The Bertz CT molecular complexity index is 843. The molecule has 0 bridgehead atoms. The minimum Gasteiger partial charge on any atom is -0.371 e. The summed E-state index contributed by atoms with van der Waals surface area (Å²) in [6, 6.07) is 0. The van der Waals surface area contributed by atoms with Crippen LogP contribution in [0.25, 0.3) is 0 Å². The first kappa shape index (κ1) is 40.2. The number of hydrogen-bond acceptors (Lipinski definition) is 4. The number of carbonyl (C=O) groups is 2. The molecule has 0 N–H and O–H groups in total. The van der Waals surface area contributed by atoms with Crippen molar-refractivity contribution in [2.45, 2.75) is 187 Å². The number of carbonyl (C=O) groups excluding carboxylic acids is 2. The van der Waals surface area contributed by atoms with Crippen LogP contribution in [0.5, 0.6) is 0 Å². The van der Waals surface area contributed by atoms with Crippen LogP contribution in [0.3, 0.4) is 0 Å². The molecule has 0 aromatic carbocycles. The lowest BCUT2D eigenvalue weighted by Gasteiger charge is -2.01. The molecule has 0 amide bonds. The molecule has 0 atom stereocenters. The van der Waals surface area contributed by atoms with Crippen LogP contribution in [0.4, 0.5) is 0 Å². The maximum atomic E-state index is 11.6. The summed E-state index contributed by atoms with van der Waals surface area (Å²) < 4.78 is 9.38. The molecular weight excluding hydrogens is 532 g/mol. The molecule has 0 heterocycles. The minimum atomic E-state index is -0.792. The van der Waals surface area contributed by atoms with Crippen LogP contribution >= 0.6 is 0 Å². The van der Waals surface area contributed by atoms with E-state index in [1.54, 1.807) is 0 Å². The predicted molar refractivity (Wildman–Crippen MR) is 179 cm³/mol. The monoisotopic (exact) mass is 592 g/mol. The SMILES string of the molecule is CCCCCCCCCCCCCCC#CC#COC(=O)CC(=O)OC#CC#CCCCCCCCCCCCCCC. The molecule has 0 aliphatic carbocycles. The summed E-state index contributed by atoms with van der Waals surface area (Å²) in [6.07, 6.45) is 37.0. The van der Waals surface area contributed by atoms with Crippen LogP contribution in [0.2, 0.25) is 0 Å². The normalized spacial score (nSPS) is 9.72. The molecule has 0 aromatic rings. The average Bonchev–Trinajstić information content (AvgIpc) is 3.00. The lowest BCUT2D eigenvalue weighted by Crippen LogP contribution is -2.10. The van der Waals surface area contributed by atoms with Crippen LogP contribution in [0.15, 0.2) is 0 Å². The van der Waals surface area contributed by atoms with Gasteiger partial charge in [-0.15, -0.1) is 0 Å². The van der Waals surface area contributed by atoms with Crippen molar-refractivity contribution in [2.75, 3.05) is 0 Å². The first-order chi connectivity index (χ1) is 21.2. The molecule has 0 aliphatic heterocycles.